The second kappa shape index (κ2) is 10.0. The van der Waals surface area contributed by atoms with Crippen LogP contribution in [0.2, 0.25) is 0 Å². The molecule has 1 unspecified atom stereocenters. The minimum Gasteiger partial charge on any atom is -0.383 e. The van der Waals surface area contributed by atoms with Crippen LogP contribution < -0.4 is 21.0 Å². The molecule has 10 nitrogen and oxygen atoms in total. The maximum absolute atomic E-state index is 13.7. The molecule has 3 N–H and O–H groups in total. The SMILES string of the molecule is COC[C@H]1CCCN1NC(=O)Nc1cccc2c1C(=O)C1=C(c3ccc(N4CCNCC4)cc3)N=NC12. The molecule has 192 valence electrons. The van der Waals surface area contributed by atoms with Gasteiger partial charge in [0.1, 0.15) is 11.7 Å². The van der Waals surface area contributed by atoms with Crippen molar-refractivity contribution in [3.05, 3.63) is 64.7 Å². The highest BCUT2D eigenvalue weighted by atomic mass is 16.5. The summed E-state index contributed by atoms with van der Waals surface area (Å²) in [7, 11) is 1.66. The van der Waals surface area contributed by atoms with Crippen molar-refractivity contribution in [3.8, 4) is 0 Å². The van der Waals surface area contributed by atoms with Gasteiger partial charge in [-0.15, -0.1) is 0 Å². The Morgan fingerprint density at radius 3 is 2.73 bits per heavy atom. The summed E-state index contributed by atoms with van der Waals surface area (Å²) in [5, 5.41) is 17.0. The summed E-state index contributed by atoms with van der Waals surface area (Å²) in [6.07, 6.45) is 1.96. The van der Waals surface area contributed by atoms with Crippen molar-refractivity contribution < 1.29 is 14.3 Å². The number of amides is 2. The first kappa shape index (κ1) is 23.8. The number of nitrogens with one attached hydrogen (secondary N) is 3. The van der Waals surface area contributed by atoms with Gasteiger partial charge in [0.15, 0.2) is 5.78 Å². The molecule has 2 saturated heterocycles. The quantitative estimate of drug-likeness (QED) is 0.560. The number of nitrogens with zero attached hydrogens (tertiary/aromatic N) is 4. The predicted molar refractivity (Wildman–Crippen MR) is 141 cm³/mol. The molecular weight excluding hydrogens is 470 g/mol. The van der Waals surface area contributed by atoms with Gasteiger partial charge in [-0.25, -0.2) is 9.80 Å². The Labute approximate surface area is 215 Å². The molecule has 6 rings (SSSR count). The van der Waals surface area contributed by atoms with Crippen molar-refractivity contribution >= 4 is 28.9 Å². The maximum atomic E-state index is 13.7. The minimum absolute atomic E-state index is 0.138. The molecule has 2 aromatic rings. The van der Waals surface area contributed by atoms with Crippen LogP contribution in [-0.4, -0.2) is 69.3 Å². The summed E-state index contributed by atoms with van der Waals surface area (Å²) < 4.78 is 5.27. The fourth-order valence-corrected chi connectivity index (χ4v) is 5.69. The second-order valence-electron chi connectivity index (χ2n) is 9.77. The highest BCUT2D eigenvalue weighted by molar-refractivity contribution is 6.22. The van der Waals surface area contributed by atoms with Gasteiger partial charge in [-0.05, 0) is 36.6 Å². The Bertz CT molecular complexity index is 1270. The fourth-order valence-electron chi connectivity index (χ4n) is 5.69. The van der Waals surface area contributed by atoms with Crippen LogP contribution in [0.3, 0.4) is 0 Å². The van der Waals surface area contributed by atoms with Gasteiger partial charge in [-0.2, -0.15) is 10.2 Å². The summed E-state index contributed by atoms with van der Waals surface area (Å²) in [6, 6.07) is 13.0. The van der Waals surface area contributed by atoms with Gasteiger partial charge >= 0.3 is 6.03 Å². The standard InChI is InChI=1S/C27H31N7O3/c1-37-16-19-4-3-13-34(19)32-27(36)29-21-6-2-5-20-22(21)26(35)23-24(30-31-25(20)23)17-7-9-18(10-8-17)33-14-11-28-12-15-33/h2,5-10,19,25,28H,3-4,11-16H2,1H3,(H2,29,32,36)/t19-,25?/m1/s1. The fraction of sp³-hybridized carbons (Fsp3) is 0.407. The molecule has 4 aliphatic rings. The molecule has 0 radical (unpaired) electrons. The molecular formula is C27H31N7O3. The van der Waals surface area contributed by atoms with Crippen LogP contribution in [0.4, 0.5) is 16.2 Å². The van der Waals surface area contributed by atoms with E-state index < -0.39 is 6.04 Å². The number of carbonyl (C=O) groups excluding carboxylic acids is 2. The molecule has 2 aromatic carbocycles. The van der Waals surface area contributed by atoms with Crippen LogP contribution in [0.25, 0.3) is 5.70 Å². The molecule has 0 aromatic heterocycles. The minimum atomic E-state index is -0.445. The Hall–Kier alpha value is -3.60. The summed E-state index contributed by atoms with van der Waals surface area (Å²) in [4.78, 5) is 28.9. The Kier molecular flexibility index (Phi) is 6.45. The second-order valence-corrected chi connectivity index (χ2v) is 9.77. The van der Waals surface area contributed by atoms with E-state index in [0.29, 0.717) is 29.1 Å². The average molecular weight is 502 g/mol. The molecule has 2 amide bonds. The number of fused-ring (bicyclic) bond motifs is 3. The number of anilines is 2. The van der Waals surface area contributed by atoms with Gasteiger partial charge in [-0.3, -0.25) is 10.2 Å². The lowest BCUT2D eigenvalue weighted by atomic mass is 10.0. The van der Waals surface area contributed by atoms with E-state index in [1.807, 2.05) is 29.3 Å². The smallest absolute Gasteiger partial charge is 0.333 e. The molecule has 37 heavy (non-hydrogen) atoms. The summed E-state index contributed by atoms with van der Waals surface area (Å²) in [5.74, 6) is -0.138. The first-order valence-electron chi connectivity index (χ1n) is 12.9. The molecule has 3 aliphatic heterocycles. The van der Waals surface area contributed by atoms with Gasteiger partial charge in [0.2, 0.25) is 0 Å². The first-order chi connectivity index (χ1) is 18.1. The third kappa shape index (κ3) is 4.41. The van der Waals surface area contributed by atoms with Crippen molar-refractivity contribution in [2.24, 2.45) is 10.2 Å². The monoisotopic (exact) mass is 501 g/mol. The molecule has 3 heterocycles. The molecule has 1 aliphatic carbocycles. The third-order valence-electron chi connectivity index (χ3n) is 7.52. The van der Waals surface area contributed by atoms with Crippen molar-refractivity contribution in [1.29, 1.82) is 0 Å². The number of ether oxygens (including phenoxy) is 1. The van der Waals surface area contributed by atoms with Gasteiger partial charge in [0.05, 0.1) is 29.5 Å². The average Bonchev–Trinajstić information content (AvgIpc) is 3.62. The molecule has 2 atom stereocenters. The number of benzene rings is 2. The summed E-state index contributed by atoms with van der Waals surface area (Å²) in [6.45, 7) is 5.20. The van der Waals surface area contributed by atoms with Crippen LogP contribution in [-0.2, 0) is 4.74 Å². The van der Waals surface area contributed by atoms with Gasteiger partial charge in [-0.1, -0.05) is 24.3 Å². The number of urea groups is 1. The van der Waals surface area contributed by atoms with E-state index in [9.17, 15) is 9.59 Å². The number of ketones is 1. The van der Waals surface area contributed by atoms with Gasteiger partial charge < -0.3 is 20.3 Å². The summed E-state index contributed by atoms with van der Waals surface area (Å²) >= 11 is 0. The molecule has 2 fully saturated rings. The van der Waals surface area contributed by atoms with Crippen molar-refractivity contribution in [2.45, 2.75) is 24.9 Å². The lowest BCUT2D eigenvalue weighted by molar-refractivity contribution is 0.0930. The van der Waals surface area contributed by atoms with Crippen LogP contribution >= 0.6 is 0 Å². The Morgan fingerprint density at radius 2 is 1.95 bits per heavy atom. The predicted octanol–water partition coefficient (Wildman–Crippen LogP) is 3.36. The number of azo groups is 1. The van der Waals surface area contributed by atoms with Gasteiger partial charge in [0, 0.05) is 51.1 Å². The highest BCUT2D eigenvalue weighted by Gasteiger charge is 2.42. The van der Waals surface area contributed by atoms with Crippen molar-refractivity contribution in [2.75, 3.05) is 56.7 Å². The number of hydrogen-bond donors (Lipinski definition) is 3. The number of Topliss-reactive ketones (excluding diaryl/α,β-unsaturated/α-hetero) is 1. The van der Waals surface area contributed by atoms with E-state index in [2.05, 4.69) is 43.3 Å². The number of hydrogen-bond acceptors (Lipinski definition) is 8. The van der Waals surface area contributed by atoms with E-state index in [0.717, 1.165) is 62.4 Å². The third-order valence-corrected chi connectivity index (χ3v) is 7.52. The van der Waals surface area contributed by atoms with Crippen molar-refractivity contribution in [3.63, 3.8) is 0 Å². The number of carbonyl (C=O) groups is 2. The summed E-state index contributed by atoms with van der Waals surface area (Å²) in [5.41, 5.74) is 7.85. The molecule has 0 saturated carbocycles. The van der Waals surface area contributed by atoms with E-state index in [4.69, 9.17) is 4.74 Å². The van der Waals surface area contributed by atoms with E-state index in [1.165, 1.54) is 0 Å². The van der Waals surface area contributed by atoms with Crippen LogP contribution in [0.5, 0.6) is 0 Å². The number of hydrazine groups is 1. The lowest BCUT2D eigenvalue weighted by Crippen LogP contribution is -2.48. The normalized spacial score (nSPS) is 22.9. The lowest BCUT2D eigenvalue weighted by Gasteiger charge is -2.29. The number of piperazine rings is 1. The maximum Gasteiger partial charge on any atom is 0.333 e. The largest absolute Gasteiger partial charge is 0.383 e. The zero-order valence-electron chi connectivity index (χ0n) is 20.9. The molecule has 0 bridgehead atoms. The van der Waals surface area contributed by atoms with Crippen LogP contribution in [0.1, 0.15) is 40.4 Å². The zero-order valence-corrected chi connectivity index (χ0v) is 20.9. The molecule has 0 spiro atoms. The van der Waals surface area contributed by atoms with E-state index in [1.54, 1.807) is 13.2 Å². The van der Waals surface area contributed by atoms with Crippen molar-refractivity contribution in [1.82, 2.24) is 15.8 Å². The number of rotatable bonds is 6. The highest BCUT2D eigenvalue weighted by Crippen LogP contribution is 2.49. The van der Waals surface area contributed by atoms with Crippen LogP contribution in [0.15, 0.2) is 58.3 Å². The van der Waals surface area contributed by atoms with E-state index in [-0.39, 0.29) is 17.9 Å². The number of methoxy groups -OCH3 is 1. The van der Waals surface area contributed by atoms with E-state index >= 15 is 0 Å². The zero-order chi connectivity index (χ0) is 25.4. The molecule has 10 heteroatoms. The Balaban J connectivity index is 1.22. The Morgan fingerprint density at radius 1 is 1.14 bits per heavy atom. The topological polar surface area (TPSA) is 111 Å². The van der Waals surface area contributed by atoms with Gasteiger partial charge in [0.25, 0.3) is 0 Å². The first-order valence-corrected chi connectivity index (χ1v) is 12.9. The van der Waals surface area contributed by atoms with Crippen LogP contribution in [0, 0.1) is 0 Å².